The van der Waals surface area contributed by atoms with Crippen molar-refractivity contribution in [2.45, 2.75) is 25.8 Å². The van der Waals surface area contributed by atoms with Crippen LogP contribution in [0.3, 0.4) is 0 Å². The van der Waals surface area contributed by atoms with Gasteiger partial charge < -0.3 is 20.9 Å². The minimum Gasteiger partial charge on any atom is -0.356 e. The molecule has 0 spiro atoms. The minimum atomic E-state index is -0.0235. The molecule has 6 nitrogen and oxygen atoms in total. The predicted molar refractivity (Wildman–Crippen MR) is 120 cm³/mol. The smallest absolute Gasteiger partial charge is 0.321 e. The Balaban J connectivity index is 1.46. The highest BCUT2D eigenvalue weighted by Crippen LogP contribution is 2.15. The van der Waals surface area contributed by atoms with Crippen LogP contribution in [0.4, 0.5) is 10.5 Å². The summed E-state index contributed by atoms with van der Waals surface area (Å²) in [7, 11) is 1.75. The van der Waals surface area contributed by atoms with Crippen LogP contribution in [0.2, 0.25) is 5.02 Å². The summed E-state index contributed by atoms with van der Waals surface area (Å²) < 4.78 is 0. The number of amides is 2. The third-order valence-corrected chi connectivity index (χ3v) is 5.27. The molecule has 2 aromatic carbocycles. The highest BCUT2D eigenvalue weighted by atomic mass is 35.5. The summed E-state index contributed by atoms with van der Waals surface area (Å²) in [6.07, 6.45) is 2.98. The number of carbonyl (C=O) groups excluding carboxylic acids is 1. The van der Waals surface area contributed by atoms with Crippen LogP contribution in [0, 0.1) is 0 Å². The van der Waals surface area contributed by atoms with E-state index in [9.17, 15) is 4.79 Å². The number of urea groups is 1. The van der Waals surface area contributed by atoms with Gasteiger partial charge in [0, 0.05) is 43.9 Å². The summed E-state index contributed by atoms with van der Waals surface area (Å²) in [5, 5.41) is 10.4. The molecule has 1 saturated heterocycles. The molecule has 0 aromatic heterocycles. The average Bonchev–Trinajstić information content (AvgIpc) is 3.27. The van der Waals surface area contributed by atoms with Crippen LogP contribution >= 0.6 is 11.6 Å². The number of aliphatic imine (C=N–C) groups is 1. The zero-order valence-electron chi connectivity index (χ0n) is 16.7. The molecule has 0 aliphatic carbocycles. The summed E-state index contributed by atoms with van der Waals surface area (Å²) in [4.78, 5) is 18.4. The monoisotopic (exact) mass is 413 g/mol. The summed E-state index contributed by atoms with van der Waals surface area (Å²) in [5.41, 5.74) is 2.99. The van der Waals surface area contributed by atoms with Gasteiger partial charge in [-0.2, -0.15) is 0 Å². The topological polar surface area (TPSA) is 68.8 Å². The first-order valence-electron chi connectivity index (χ1n) is 9.98. The lowest BCUT2D eigenvalue weighted by Gasteiger charge is -2.17. The number of anilines is 1. The van der Waals surface area contributed by atoms with Crippen LogP contribution in [0.5, 0.6) is 0 Å². The number of halogens is 1. The second kappa shape index (κ2) is 10.7. The van der Waals surface area contributed by atoms with Gasteiger partial charge in [0.2, 0.25) is 0 Å². The molecule has 1 aliphatic rings. The van der Waals surface area contributed by atoms with Gasteiger partial charge in [-0.25, -0.2) is 4.79 Å². The third-order valence-electron chi connectivity index (χ3n) is 4.90. The molecular formula is C22H28ClN5O. The zero-order valence-corrected chi connectivity index (χ0v) is 17.5. The van der Waals surface area contributed by atoms with Gasteiger partial charge >= 0.3 is 6.03 Å². The van der Waals surface area contributed by atoms with Crippen molar-refractivity contribution in [3.8, 4) is 0 Å². The van der Waals surface area contributed by atoms with Gasteiger partial charge in [-0.15, -0.1) is 0 Å². The zero-order chi connectivity index (χ0) is 20.5. The van der Waals surface area contributed by atoms with Gasteiger partial charge in [0.1, 0.15) is 0 Å². The van der Waals surface area contributed by atoms with Crippen LogP contribution in [-0.4, -0.2) is 43.6 Å². The molecule has 2 aromatic rings. The second-order valence-electron chi connectivity index (χ2n) is 7.02. The third kappa shape index (κ3) is 6.39. The van der Waals surface area contributed by atoms with E-state index in [1.54, 1.807) is 7.05 Å². The molecule has 0 radical (unpaired) electrons. The summed E-state index contributed by atoms with van der Waals surface area (Å²) in [5.74, 6) is 0.726. The Morgan fingerprint density at radius 2 is 1.90 bits per heavy atom. The normalized spacial score (nSPS) is 14.0. The van der Waals surface area contributed by atoms with Crippen LogP contribution in [0.1, 0.15) is 24.0 Å². The van der Waals surface area contributed by atoms with E-state index in [0.717, 1.165) is 66.7 Å². The molecule has 0 bridgehead atoms. The Morgan fingerprint density at radius 3 is 2.66 bits per heavy atom. The number of nitrogens with one attached hydrogen (secondary N) is 3. The maximum absolute atomic E-state index is 12.3. The lowest BCUT2D eigenvalue weighted by Crippen LogP contribution is -2.37. The lowest BCUT2D eigenvalue weighted by atomic mass is 10.1. The molecule has 3 N–H and O–H groups in total. The van der Waals surface area contributed by atoms with Crippen molar-refractivity contribution in [1.29, 1.82) is 0 Å². The minimum absolute atomic E-state index is 0.0235. The van der Waals surface area contributed by atoms with Crippen LogP contribution in [0.25, 0.3) is 0 Å². The van der Waals surface area contributed by atoms with Gasteiger partial charge in [-0.1, -0.05) is 41.9 Å². The molecule has 154 valence electrons. The Kier molecular flexibility index (Phi) is 7.76. The van der Waals surface area contributed by atoms with E-state index in [-0.39, 0.29) is 6.03 Å². The van der Waals surface area contributed by atoms with Gasteiger partial charge in [0.05, 0.1) is 0 Å². The number of rotatable bonds is 6. The molecule has 1 aliphatic heterocycles. The Morgan fingerprint density at radius 1 is 1.10 bits per heavy atom. The van der Waals surface area contributed by atoms with E-state index in [1.165, 1.54) is 0 Å². The number of benzene rings is 2. The fourth-order valence-electron chi connectivity index (χ4n) is 3.30. The molecule has 0 saturated carbocycles. The van der Waals surface area contributed by atoms with Gasteiger partial charge in [-0.3, -0.25) is 4.99 Å². The number of nitrogens with zero attached hydrogens (tertiary/aromatic N) is 2. The maximum Gasteiger partial charge on any atom is 0.321 e. The van der Waals surface area contributed by atoms with E-state index < -0.39 is 0 Å². The molecular weight excluding hydrogens is 386 g/mol. The van der Waals surface area contributed by atoms with Crippen molar-refractivity contribution in [3.05, 3.63) is 64.7 Å². The summed E-state index contributed by atoms with van der Waals surface area (Å²) >= 11 is 6.20. The first kappa shape index (κ1) is 21.0. The van der Waals surface area contributed by atoms with Gasteiger partial charge in [-0.05, 0) is 48.6 Å². The van der Waals surface area contributed by atoms with E-state index in [2.05, 4.69) is 20.9 Å². The molecule has 0 unspecified atom stereocenters. The van der Waals surface area contributed by atoms with E-state index in [0.29, 0.717) is 6.54 Å². The standard InChI is InChI=1S/C22H28ClN5O/c1-24-21(25-12-11-18-8-2-3-10-20(18)23)26-16-17-7-6-9-19(15-17)27-22(29)28-13-4-5-14-28/h2-3,6-10,15H,4-5,11-14,16H2,1H3,(H,27,29)(H2,24,25,26). The Labute approximate surface area is 177 Å². The van der Waals surface area contributed by atoms with Crippen molar-refractivity contribution >= 4 is 29.3 Å². The highest BCUT2D eigenvalue weighted by Gasteiger charge is 2.17. The predicted octanol–water partition coefficient (Wildman–Crippen LogP) is 3.88. The van der Waals surface area contributed by atoms with E-state index >= 15 is 0 Å². The average molecular weight is 414 g/mol. The van der Waals surface area contributed by atoms with Crippen molar-refractivity contribution in [2.75, 3.05) is 32.0 Å². The highest BCUT2D eigenvalue weighted by molar-refractivity contribution is 6.31. The SMILES string of the molecule is CN=C(NCCc1ccccc1Cl)NCc1cccc(NC(=O)N2CCCC2)c1. The van der Waals surface area contributed by atoms with Crippen molar-refractivity contribution < 1.29 is 4.79 Å². The Hall–Kier alpha value is -2.73. The second-order valence-corrected chi connectivity index (χ2v) is 7.43. The van der Waals surface area contributed by atoms with Gasteiger partial charge in [0.15, 0.2) is 5.96 Å². The molecule has 7 heteroatoms. The molecule has 1 fully saturated rings. The summed E-state index contributed by atoms with van der Waals surface area (Å²) in [6, 6.07) is 15.7. The Bertz CT molecular complexity index is 849. The van der Waals surface area contributed by atoms with Crippen LogP contribution in [-0.2, 0) is 13.0 Å². The molecule has 1 heterocycles. The van der Waals surface area contributed by atoms with Crippen molar-refractivity contribution in [1.82, 2.24) is 15.5 Å². The van der Waals surface area contributed by atoms with Crippen molar-refractivity contribution in [3.63, 3.8) is 0 Å². The molecule has 2 amide bonds. The molecule has 0 atom stereocenters. The number of guanidine groups is 1. The quantitative estimate of drug-likeness (QED) is 0.497. The summed E-state index contributed by atoms with van der Waals surface area (Å²) in [6.45, 7) is 3.01. The fraction of sp³-hybridized carbons (Fsp3) is 0.364. The fourth-order valence-corrected chi connectivity index (χ4v) is 3.54. The lowest BCUT2D eigenvalue weighted by molar-refractivity contribution is 0.222. The largest absolute Gasteiger partial charge is 0.356 e. The molecule has 29 heavy (non-hydrogen) atoms. The van der Waals surface area contributed by atoms with Crippen LogP contribution < -0.4 is 16.0 Å². The first-order chi connectivity index (χ1) is 14.2. The van der Waals surface area contributed by atoms with Gasteiger partial charge in [0.25, 0.3) is 0 Å². The number of hydrogen-bond acceptors (Lipinski definition) is 2. The molecule has 3 rings (SSSR count). The van der Waals surface area contributed by atoms with E-state index in [1.807, 2.05) is 53.4 Å². The maximum atomic E-state index is 12.3. The number of likely N-dealkylation sites (tertiary alicyclic amines) is 1. The number of carbonyl (C=O) groups is 1. The van der Waals surface area contributed by atoms with E-state index in [4.69, 9.17) is 11.6 Å². The van der Waals surface area contributed by atoms with Crippen molar-refractivity contribution in [2.24, 2.45) is 4.99 Å². The van der Waals surface area contributed by atoms with Crippen LogP contribution in [0.15, 0.2) is 53.5 Å². The first-order valence-corrected chi connectivity index (χ1v) is 10.4. The number of hydrogen-bond donors (Lipinski definition) is 3.